The predicted octanol–water partition coefficient (Wildman–Crippen LogP) is 6.72. The number of hydrogen-bond acceptors (Lipinski definition) is 3. The summed E-state index contributed by atoms with van der Waals surface area (Å²) in [5, 5.41) is 2.88. The molecule has 1 fully saturated rings. The van der Waals surface area contributed by atoms with Crippen LogP contribution in [0.2, 0.25) is 5.02 Å². The van der Waals surface area contributed by atoms with Gasteiger partial charge in [0.1, 0.15) is 0 Å². The Morgan fingerprint density at radius 3 is 2.19 bits per heavy atom. The van der Waals surface area contributed by atoms with Crippen molar-refractivity contribution >= 4 is 40.1 Å². The number of piperazine rings is 1. The highest BCUT2D eigenvalue weighted by Crippen LogP contribution is 2.30. The highest BCUT2D eigenvalue weighted by molar-refractivity contribution is 6.30. The van der Waals surface area contributed by atoms with E-state index in [9.17, 15) is 9.59 Å². The van der Waals surface area contributed by atoms with Gasteiger partial charge in [0.2, 0.25) is 5.91 Å². The average Bonchev–Trinajstić information content (AvgIpc) is 3.10. The molecule has 5 aromatic carbocycles. The molecule has 0 bridgehead atoms. The quantitative estimate of drug-likeness (QED) is 0.0988. The van der Waals surface area contributed by atoms with E-state index in [0.29, 0.717) is 49.5 Å². The molecule has 48 heavy (non-hydrogen) atoms. The van der Waals surface area contributed by atoms with E-state index in [1.165, 1.54) is 0 Å². The summed E-state index contributed by atoms with van der Waals surface area (Å²) >= 11 is 6.19. The highest BCUT2D eigenvalue weighted by atomic mass is 35.5. The van der Waals surface area contributed by atoms with Crippen LogP contribution in [-0.2, 0) is 17.6 Å². The molecule has 0 radical (unpaired) electrons. The van der Waals surface area contributed by atoms with Gasteiger partial charge in [0.15, 0.2) is 5.96 Å². The topological polar surface area (TPSA) is 105 Å². The van der Waals surface area contributed by atoms with E-state index in [4.69, 9.17) is 23.1 Å². The number of nitrogens with zero attached hydrogens (tertiary/aromatic N) is 3. The fourth-order valence-electron chi connectivity index (χ4n) is 6.68. The Morgan fingerprint density at radius 2 is 1.42 bits per heavy atom. The summed E-state index contributed by atoms with van der Waals surface area (Å²) in [6.45, 7) is 1.26. The zero-order valence-corrected chi connectivity index (χ0v) is 27.6. The van der Waals surface area contributed by atoms with Crippen molar-refractivity contribution in [2.75, 3.05) is 19.6 Å². The molecule has 0 saturated carbocycles. The number of benzene rings is 5. The molecule has 244 valence electrons. The molecule has 5 aromatic rings. The van der Waals surface area contributed by atoms with E-state index in [-0.39, 0.29) is 36.3 Å². The van der Waals surface area contributed by atoms with Crippen LogP contribution in [0.4, 0.5) is 0 Å². The maximum Gasteiger partial charge on any atom is 0.254 e. The van der Waals surface area contributed by atoms with Crippen LogP contribution in [0.1, 0.15) is 34.3 Å². The molecule has 0 aromatic heterocycles. The third-order valence-electron chi connectivity index (χ3n) is 9.06. The lowest BCUT2D eigenvalue weighted by atomic mass is 9.93. The van der Waals surface area contributed by atoms with Gasteiger partial charge in [-0.1, -0.05) is 115 Å². The van der Waals surface area contributed by atoms with Crippen molar-refractivity contribution in [3.8, 4) is 11.1 Å². The summed E-state index contributed by atoms with van der Waals surface area (Å²) in [5.74, 6) is 0.0276. The minimum absolute atomic E-state index is 0.0404. The van der Waals surface area contributed by atoms with Gasteiger partial charge in [0.25, 0.3) is 5.91 Å². The van der Waals surface area contributed by atoms with E-state index in [2.05, 4.69) is 41.4 Å². The molecular formula is C40H40ClN5O2. The Kier molecular flexibility index (Phi) is 10.4. The zero-order chi connectivity index (χ0) is 33.5. The predicted molar refractivity (Wildman–Crippen MR) is 195 cm³/mol. The highest BCUT2D eigenvalue weighted by Gasteiger charge is 2.39. The summed E-state index contributed by atoms with van der Waals surface area (Å²) < 4.78 is 0. The van der Waals surface area contributed by atoms with Crippen molar-refractivity contribution in [3.05, 3.63) is 143 Å². The normalized spacial score (nSPS) is 16.1. The number of fused-ring (bicyclic) bond motifs is 1. The molecule has 1 aliphatic rings. The number of carbonyl (C=O) groups is 2. The summed E-state index contributed by atoms with van der Waals surface area (Å²) in [4.78, 5) is 37.0. The van der Waals surface area contributed by atoms with Crippen molar-refractivity contribution < 1.29 is 9.59 Å². The van der Waals surface area contributed by atoms with Gasteiger partial charge in [-0.15, -0.1) is 0 Å². The van der Waals surface area contributed by atoms with Crippen LogP contribution in [0.3, 0.4) is 0 Å². The Bertz CT molecular complexity index is 1910. The molecule has 2 unspecified atom stereocenters. The van der Waals surface area contributed by atoms with Crippen LogP contribution in [0.25, 0.3) is 21.9 Å². The maximum atomic E-state index is 14.6. The second-order valence-corrected chi connectivity index (χ2v) is 12.8. The first-order valence-corrected chi connectivity index (χ1v) is 16.8. The summed E-state index contributed by atoms with van der Waals surface area (Å²) in [6.07, 6.45) is 2.22. The standard InChI is InChI=1S/C40H40ClN5O2/c41-33-20-18-31(19-21-33)36-14-6-7-15-37(36)39(48)46-27-35(24-28-9-2-1-3-10-28)45(26-34(46)13-8-22-44-40(42)43)38(47)25-29-16-17-30-11-4-5-12-32(30)23-29/h1-7,9-12,14-21,23,34-35H,8,13,22,24-27H2,(H4,42,43,44). The van der Waals surface area contributed by atoms with Crippen molar-refractivity contribution in [2.45, 2.75) is 37.8 Å². The van der Waals surface area contributed by atoms with Crippen molar-refractivity contribution in [2.24, 2.45) is 16.5 Å². The number of rotatable bonds is 10. The number of guanidine groups is 1. The average molecular weight is 658 g/mol. The van der Waals surface area contributed by atoms with Gasteiger partial charge >= 0.3 is 0 Å². The fourth-order valence-corrected chi connectivity index (χ4v) is 6.80. The first-order chi connectivity index (χ1) is 23.4. The van der Waals surface area contributed by atoms with Gasteiger partial charge in [-0.05, 0) is 70.5 Å². The molecule has 4 N–H and O–H groups in total. The van der Waals surface area contributed by atoms with E-state index < -0.39 is 0 Å². The fraction of sp³-hybridized carbons (Fsp3) is 0.225. The maximum absolute atomic E-state index is 14.6. The van der Waals surface area contributed by atoms with Crippen LogP contribution in [0, 0.1) is 0 Å². The van der Waals surface area contributed by atoms with E-state index in [1.807, 2.05) is 94.7 Å². The van der Waals surface area contributed by atoms with Crippen molar-refractivity contribution in [1.29, 1.82) is 0 Å². The number of nitrogens with two attached hydrogens (primary N) is 2. The molecule has 0 spiro atoms. The number of halogens is 1. The molecule has 2 atom stereocenters. The third kappa shape index (κ3) is 7.86. The summed E-state index contributed by atoms with van der Waals surface area (Å²) in [5.41, 5.74) is 15.7. The molecule has 2 amide bonds. The summed E-state index contributed by atoms with van der Waals surface area (Å²) in [7, 11) is 0. The molecular weight excluding hydrogens is 618 g/mol. The molecule has 1 aliphatic heterocycles. The monoisotopic (exact) mass is 657 g/mol. The van der Waals surface area contributed by atoms with Gasteiger partial charge < -0.3 is 21.3 Å². The van der Waals surface area contributed by atoms with Crippen LogP contribution in [0.5, 0.6) is 0 Å². The van der Waals surface area contributed by atoms with Gasteiger partial charge in [-0.2, -0.15) is 0 Å². The Labute approximate surface area is 286 Å². The number of carbonyl (C=O) groups excluding carboxylic acids is 2. The molecule has 6 rings (SSSR count). The van der Waals surface area contributed by atoms with Gasteiger partial charge in [-0.3, -0.25) is 14.6 Å². The summed E-state index contributed by atoms with van der Waals surface area (Å²) in [6, 6.07) is 39.3. The Morgan fingerprint density at radius 1 is 0.729 bits per heavy atom. The van der Waals surface area contributed by atoms with Crippen LogP contribution in [-0.4, -0.2) is 59.3 Å². The number of hydrogen-bond donors (Lipinski definition) is 2. The molecule has 1 saturated heterocycles. The van der Waals surface area contributed by atoms with Crippen LogP contribution < -0.4 is 11.5 Å². The lowest BCUT2D eigenvalue weighted by Gasteiger charge is -2.47. The number of amides is 2. The molecule has 7 nitrogen and oxygen atoms in total. The van der Waals surface area contributed by atoms with Gasteiger partial charge in [-0.25, -0.2) is 0 Å². The minimum Gasteiger partial charge on any atom is -0.370 e. The van der Waals surface area contributed by atoms with Gasteiger partial charge in [0, 0.05) is 36.3 Å². The van der Waals surface area contributed by atoms with E-state index in [1.54, 1.807) is 0 Å². The first-order valence-electron chi connectivity index (χ1n) is 16.4. The van der Waals surface area contributed by atoms with E-state index >= 15 is 0 Å². The van der Waals surface area contributed by atoms with Crippen molar-refractivity contribution in [1.82, 2.24) is 9.80 Å². The second-order valence-electron chi connectivity index (χ2n) is 12.4. The minimum atomic E-state index is -0.224. The number of aliphatic imine (C=N–C) groups is 1. The second kappa shape index (κ2) is 15.2. The van der Waals surface area contributed by atoms with Crippen LogP contribution >= 0.6 is 11.6 Å². The molecule has 1 heterocycles. The third-order valence-corrected chi connectivity index (χ3v) is 9.32. The van der Waals surface area contributed by atoms with E-state index in [0.717, 1.165) is 33.0 Å². The molecule has 0 aliphatic carbocycles. The lowest BCUT2D eigenvalue weighted by molar-refractivity contribution is -0.136. The SMILES string of the molecule is NC(N)=NCCCC1CN(C(=O)Cc2ccc3ccccc3c2)C(Cc2ccccc2)CN1C(=O)c1ccccc1-c1ccc(Cl)cc1. The smallest absolute Gasteiger partial charge is 0.254 e. The van der Waals surface area contributed by atoms with Crippen molar-refractivity contribution in [3.63, 3.8) is 0 Å². The largest absolute Gasteiger partial charge is 0.370 e. The zero-order valence-electron chi connectivity index (χ0n) is 26.8. The first kappa shape index (κ1) is 32.8. The van der Waals surface area contributed by atoms with Crippen LogP contribution in [0.15, 0.2) is 126 Å². The lowest BCUT2D eigenvalue weighted by Crippen LogP contribution is -2.62. The molecule has 8 heteroatoms. The Hall–Kier alpha value is -5.14. The Balaban J connectivity index is 1.33. The van der Waals surface area contributed by atoms with Gasteiger partial charge in [0.05, 0.1) is 12.5 Å².